The van der Waals surface area contributed by atoms with Crippen molar-refractivity contribution in [1.82, 2.24) is 4.98 Å². The largest absolute Gasteiger partial charge is 0.361 e. The van der Waals surface area contributed by atoms with Crippen molar-refractivity contribution < 1.29 is 9.59 Å². The summed E-state index contributed by atoms with van der Waals surface area (Å²) in [6, 6.07) is 16.2. The molecule has 3 heteroatoms. The Morgan fingerprint density at radius 3 is 2.00 bits per heavy atom. The Kier molecular flexibility index (Phi) is 2.42. The van der Waals surface area contributed by atoms with Gasteiger partial charge in [0.15, 0.2) is 11.6 Å². The van der Waals surface area contributed by atoms with E-state index in [1.165, 1.54) is 0 Å². The molecule has 1 heterocycles. The maximum Gasteiger partial charge on any atom is 0.194 e. The second-order valence-corrected chi connectivity index (χ2v) is 5.05. The molecular formula is C18H11NO2. The van der Waals surface area contributed by atoms with Crippen LogP contribution in [0.2, 0.25) is 0 Å². The van der Waals surface area contributed by atoms with E-state index < -0.39 is 0 Å². The zero-order valence-electron chi connectivity index (χ0n) is 11.1. The molecule has 0 fully saturated rings. The van der Waals surface area contributed by atoms with Crippen molar-refractivity contribution in [3.63, 3.8) is 0 Å². The van der Waals surface area contributed by atoms with Crippen molar-refractivity contribution >= 4 is 11.6 Å². The quantitative estimate of drug-likeness (QED) is 0.577. The summed E-state index contributed by atoms with van der Waals surface area (Å²) < 4.78 is 0. The van der Waals surface area contributed by atoms with Crippen LogP contribution in [0.15, 0.2) is 60.8 Å². The maximum absolute atomic E-state index is 12.6. The van der Waals surface area contributed by atoms with Gasteiger partial charge in [-0.1, -0.05) is 30.3 Å². The number of benzene rings is 2. The topological polar surface area (TPSA) is 49.9 Å². The summed E-state index contributed by atoms with van der Waals surface area (Å²) in [5.74, 6) is -0.174. The fourth-order valence-corrected chi connectivity index (χ4v) is 2.78. The lowest BCUT2D eigenvalue weighted by Crippen LogP contribution is -2.20. The molecule has 0 bridgehead atoms. The summed E-state index contributed by atoms with van der Waals surface area (Å²) in [6.45, 7) is 0. The first-order valence-electron chi connectivity index (χ1n) is 6.72. The molecule has 0 saturated carbocycles. The van der Waals surface area contributed by atoms with Crippen molar-refractivity contribution in [3.05, 3.63) is 83.0 Å². The fraction of sp³-hybridized carbons (Fsp3) is 0. The minimum Gasteiger partial charge on any atom is -0.361 e. The number of nitrogens with one attached hydrogen (secondary N) is 1. The molecule has 1 aliphatic carbocycles. The second kappa shape index (κ2) is 4.28. The average molecular weight is 273 g/mol. The first kappa shape index (κ1) is 11.9. The monoisotopic (exact) mass is 273 g/mol. The molecule has 0 radical (unpaired) electrons. The molecule has 1 aliphatic rings. The van der Waals surface area contributed by atoms with Gasteiger partial charge in [-0.25, -0.2) is 0 Å². The second-order valence-electron chi connectivity index (χ2n) is 5.05. The van der Waals surface area contributed by atoms with Crippen molar-refractivity contribution in [2.45, 2.75) is 0 Å². The number of H-pyrrole nitrogens is 1. The van der Waals surface area contributed by atoms with Gasteiger partial charge in [-0.15, -0.1) is 0 Å². The van der Waals surface area contributed by atoms with E-state index in [2.05, 4.69) is 4.98 Å². The van der Waals surface area contributed by atoms with E-state index in [0.717, 1.165) is 11.3 Å². The molecule has 1 aromatic heterocycles. The average Bonchev–Trinajstić information content (AvgIpc) is 3.06. The molecule has 0 spiro atoms. The van der Waals surface area contributed by atoms with Crippen LogP contribution in [-0.2, 0) is 0 Å². The number of ketones is 2. The molecule has 3 nitrogen and oxygen atoms in total. The molecule has 0 amide bonds. The minimum absolute atomic E-state index is 0.0850. The van der Waals surface area contributed by atoms with Crippen LogP contribution in [0, 0.1) is 0 Å². The van der Waals surface area contributed by atoms with Gasteiger partial charge in [0.2, 0.25) is 0 Å². The summed E-state index contributed by atoms with van der Waals surface area (Å²) in [4.78, 5) is 28.2. The highest BCUT2D eigenvalue weighted by atomic mass is 16.1. The van der Waals surface area contributed by atoms with Crippen molar-refractivity contribution in [2.24, 2.45) is 0 Å². The Hall–Kier alpha value is -2.94. The summed E-state index contributed by atoms with van der Waals surface area (Å²) in [6.07, 6.45) is 1.83. The van der Waals surface area contributed by atoms with Crippen LogP contribution >= 0.6 is 0 Å². The summed E-state index contributed by atoms with van der Waals surface area (Å²) in [5.41, 5.74) is 3.76. The third-order valence-corrected chi connectivity index (χ3v) is 3.83. The Morgan fingerprint density at radius 2 is 1.33 bits per heavy atom. The molecule has 2 aromatic carbocycles. The first-order valence-corrected chi connectivity index (χ1v) is 6.72. The maximum atomic E-state index is 12.6. The van der Waals surface area contributed by atoms with Crippen LogP contribution in [0.25, 0.3) is 11.3 Å². The molecular weight excluding hydrogens is 262 g/mol. The lowest BCUT2D eigenvalue weighted by molar-refractivity contribution is 0.0979. The molecule has 21 heavy (non-hydrogen) atoms. The van der Waals surface area contributed by atoms with E-state index in [1.807, 2.05) is 24.4 Å². The van der Waals surface area contributed by atoms with Gasteiger partial charge in [0, 0.05) is 34.1 Å². The number of rotatable bonds is 1. The lowest BCUT2D eigenvalue weighted by atomic mass is 9.83. The van der Waals surface area contributed by atoms with Crippen LogP contribution in [0.3, 0.4) is 0 Å². The van der Waals surface area contributed by atoms with E-state index in [-0.39, 0.29) is 11.6 Å². The van der Waals surface area contributed by atoms with Crippen LogP contribution < -0.4 is 0 Å². The zero-order chi connectivity index (χ0) is 14.4. The van der Waals surface area contributed by atoms with Crippen LogP contribution in [0.4, 0.5) is 0 Å². The molecule has 1 N–H and O–H groups in total. The van der Waals surface area contributed by atoms with E-state index in [1.54, 1.807) is 36.4 Å². The SMILES string of the molecule is O=C1c2ccccc2C(=O)c2cc(-c3ccc[nH]3)ccc21. The number of carbonyl (C=O) groups excluding carboxylic acids is 2. The highest BCUT2D eigenvalue weighted by molar-refractivity contribution is 6.28. The van der Waals surface area contributed by atoms with Crippen molar-refractivity contribution in [3.8, 4) is 11.3 Å². The summed E-state index contributed by atoms with van der Waals surface area (Å²) in [5, 5.41) is 0. The Labute approximate surface area is 121 Å². The third-order valence-electron chi connectivity index (χ3n) is 3.83. The molecule has 0 unspecified atom stereocenters. The number of hydrogen-bond donors (Lipinski definition) is 1. The number of carbonyl (C=O) groups is 2. The number of aromatic nitrogens is 1. The van der Waals surface area contributed by atoms with Gasteiger partial charge in [0.1, 0.15) is 0 Å². The lowest BCUT2D eigenvalue weighted by Gasteiger charge is -2.17. The van der Waals surface area contributed by atoms with Crippen LogP contribution in [0.5, 0.6) is 0 Å². The minimum atomic E-state index is -0.0893. The van der Waals surface area contributed by atoms with Gasteiger partial charge in [0.25, 0.3) is 0 Å². The predicted molar refractivity (Wildman–Crippen MR) is 79.5 cm³/mol. The predicted octanol–water partition coefficient (Wildman–Crippen LogP) is 3.46. The molecule has 0 saturated heterocycles. The van der Waals surface area contributed by atoms with E-state index in [9.17, 15) is 9.59 Å². The number of fused-ring (bicyclic) bond motifs is 2. The van der Waals surface area contributed by atoms with Crippen molar-refractivity contribution in [2.75, 3.05) is 0 Å². The first-order chi connectivity index (χ1) is 10.3. The molecule has 4 rings (SSSR count). The van der Waals surface area contributed by atoms with Crippen LogP contribution in [0.1, 0.15) is 31.8 Å². The molecule has 0 atom stereocenters. The Bertz CT molecular complexity index is 876. The Balaban J connectivity index is 1.93. The van der Waals surface area contributed by atoms with Gasteiger partial charge in [-0.3, -0.25) is 9.59 Å². The van der Waals surface area contributed by atoms with E-state index in [4.69, 9.17) is 0 Å². The van der Waals surface area contributed by atoms with E-state index in [0.29, 0.717) is 22.3 Å². The third kappa shape index (κ3) is 1.68. The van der Waals surface area contributed by atoms with Gasteiger partial charge >= 0.3 is 0 Å². The van der Waals surface area contributed by atoms with Gasteiger partial charge in [-0.2, -0.15) is 0 Å². The highest BCUT2D eigenvalue weighted by Crippen LogP contribution is 2.30. The van der Waals surface area contributed by atoms with Gasteiger partial charge in [-0.05, 0) is 29.8 Å². The fourth-order valence-electron chi connectivity index (χ4n) is 2.78. The zero-order valence-corrected chi connectivity index (χ0v) is 11.1. The molecule has 3 aromatic rings. The van der Waals surface area contributed by atoms with Crippen molar-refractivity contribution in [1.29, 1.82) is 0 Å². The smallest absolute Gasteiger partial charge is 0.194 e. The normalized spacial score (nSPS) is 13.0. The molecule has 100 valence electrons. The summed E-state index contributed by atoms with van der Waals surface area (Å²) >= 11 is 0. The number of aromatic amines is 1. The highest BCUT2D eigenvalue weighted by Gasteiger charge is 2.29. The van der Waals surface area contributed by atoms with Gasteiger partial charge < -0.3 is 4.98 Å². The standard InChI is InChI=1S/C18H11NO2/c20-17-12-4-1-2-5-13(12)18(21)15-10-11(7-8-14(15)17)16-6-3-9-19-16/h1-10,19H. The summed E-state index contributed by atoms with van der Waals surface area (Å²) in [7, 11) is 0. The number of hydrogen-bond acceptors (Lipinski definition) is 2. The van der Waals surface area contributed by atoms with E-state index >= 15 is 0 Å². The molecule has 0 aliphatic heterocycles. The van der Waals surface area contributed by atoms with Crippen LogP contribution in [-0.4, -0.2) is 16.6 Å². The van der Waals surface area contributed by atoms with Gasteiger partial charge in [0.05, 0.1) is 0 Å². The Morgan fingerprint density at radius 1 is 0.667 bits per heavy atom.